The lowest BCUT2D eigenvalue weighted by atomic mass is 9.83. The molecule has 4 heteroatoms. The zero-order chi connectivity index (χ0) is 14.7. The van der Waals surface area contributed by atoms with Crippen molar-refractivity contribution < 1.29 is 4.79 Å². The van der Waals surface area contributed by atoms with E-state index in [0.29, 0.717) is 11.9 Å². The molecule has 2 saturated carbocycles. The summed E-state index contributed by atoms with van der Waals surface area (Å²) in [7, 11) is 0. The van der Waals surface area contributed by atoms with E-state index in [4.69, 9.17) is 5.73 Å². The van der Waals surface area contributed by atoms with E-state index in [1.54, 1.807) is 0 Å². The summed E-state index contributed by atoms with van der Waals surface area (Å²) >= 11 is 0. The van der Waals surface area contributed by atoms with Crippen molar-refractivity contribution in [3.05, 3.63) is 0 Å². The molecule has 4 nitrogen and oxygen atoms in total. The number of nitrogens with two attached hydrogens (primary N) is 1. The van der Waals surface area contributed by atoms with Gasteiger partial charge in [0.1, 0.15) is 11.4 Å². The predicted octanol–water partition coefficient (Wildman–Crippen LogP) is 3.99. The predicted molar refractivity (Wildman–Crippen MR) is 85.4 cm³/mol. The Labute approximate surface area is 128 Å². The summed E-state index contributed by atoms with van der Waals surface area (Å²) in [6.45, 7) is 0. The number of amidine groups is 1. The molecular weight excluding hydrogens is 262 g/mol. The van der Waals surface area contributed by atoms with Crippen molar-refractivity contribution in [3.8, 4) is 0 Å². The third kappa shape index (κ3) is 3.09. The molecule has 1 aliphatic heterocycles. The highest BCUT2D eigenvalue weighted by molar-refractivity contribution is 6.06. The number of aliphatic imine (C=N–C) groups is 1. The molecule has 2 N–H and O–H groups in total. The molecule has 1 spiro atoms. The molecule has 3 aliphatic rings. The Morgan fingerprint density at radius 1 is 0.905 bits per heavy atom. The van der Waals surface area contributed by atoms with Crippen molar-refractivity contribution in [3.63, 3.8) is 0 Å². The van der Waals surface area contributed by atoms with E-state index in [9.17, 15) is 4.79 Å². The zero-order valence-corrected chi connectivity index (χ0v) is 13.1. The first-order valence-electron chi connectivity index (χ1n) is 8.92. The smallest absolute Gasteiger partial charge is 0.346 e. The van der Waals surface area contributed by atoms with E-state index in [1.807, 2.05) is 0 Å². The van der Waals surface area contributed by atoms with Crippen LogP contribution >= 0.6 is 0 Å². The minimum Gasteiger partial charge on any atom is -0.385 e. The SMILES string of the molecule is NC1=NC(=O)N(C2CC2)C12CCCCCCCCCCC2. The van der Waals surface area contributed by atoms with Crippen molar-refractivity contribution in [2.45, 2.75) is 95.1 Å². The Balaban J connectivity index is 1.75. The van der Waals surface area contributed by atoms with Crippen LogP contribution in [0.15, 0.2) is 4.99 Å². The number of hydrogen-bond donors (Lipinski definition) is 1. The Bertz CT molecular complexity index is 402. The van der Waals surface area contributed by atoms with E-state index in [2.05, 4.69) is 9.89 Å². The third-order valence-electron chi connectivity index (χ3n) is 5.45. The largest absolute Gasteiger partial charge is 0.385 e. The van der Waals surface area contributed by atoms with Gasteiger partial charge in [-0.2, -0.15) is 4.99 Å². The first kappa shape index (κ1) is 14.9. The average molecular weight is 291 g/mol. The van der Waals surface area contributed by atoms with Gasteiger partial charge in [-0.05, 0) is 25.7 Å². The zero-order valence-electron chi connectivity index (χ0n) is 13.1. The monoisotopic (exact) mass is 291 g/mol. The highest BCUT2D eigenvalue weighted by atomic mass is 16.2. The summed E-state index contributed by atoms with van der Waals surface area (Å²) < 4.78 is 0. The second kappa shape index (κ2) is 6.37. The van der Waals surface area contributed by atoms with Crippen LogP contribution in [0.4, 0.5) is 4.79 Å². The minimum atomic E-state index is -0.239. The van der Waals surface area contributed by atoms with Crippen LogP contribution in [-0.4, -0.2) is 28.3 Å². The molecule has 21 heavy (non-hydrogen) atoms. The maximum absolute atomic E-state index is 12.3. The highest BCUT2D eigenvalue weighted by Crippen LogP contribution is 2.42. The molecule has 0 saturated heterocycles. The van der Waals surface area contributed by atoms with E-state index >= 15 is 0 Å². The molecule has 118 valence electrons. The van der Waals surface area contributed by atoms with Gasteiger partial charge in [-0.25, -0.2) is 4.79 Å². The first-order chi connectivity index (χ1) is 10.2. The van der Waals surface area contributed by atoms with Crippen LogP contribution in [0.1, 0.15) is 83.5 Å². The average Bonchev–Trinajstić information content (AvgIpc) is 3.22. The van der Waals surface area contributed by atoms with Gasteiger partial charge in [-0.1, -0.05) is 57.8 Å². The van der Waals surface area contributed by atoms with Crippen molar-refractivity contribution in [1.29, 1.82) is 0 Å². The van der Waals surface area contributed by atoms with Gasteiger partial charge in [0, 0.05) is 6.04 Å². The molecule has 0 aromatic rings. The van der Waals surface area contributed by atoms with Gasteiger partial charge in [0.25, 0.3) is 0 Å². The lowest BCUT2D eigenvalue weighted by Crippen LogP contribution is -2.55. The molecule has 0 aromatic carbocycles. The number of urea groups is 1. The van der Waals surface area contributed by atoms with Crippen LogP contribution in [0.2, 0.25) is 0 Å². The van der Waals surface area contributed by atoms with Crippen molar-refractivity contribution >= 4 is 11.9 Å². The van der Waals surface area contributed by atoms with Gasteiger partial charge in [-0.15, -0.1) is 0 Å². The number of carbonyl (C=O) groups is 1. The molecular formula is C17H29N3O. The van der Waals surface area contributed by atoms with E-state index in [0.717, 1.165) is 25.7 Å². The third-order valence-corrected chi connectivity index (χ3v) is 5.45. The van der Waals surface area contributed by atoms with Gasteiger partial charge < -0.3 is 10.6 Å². The Morgan fingerprint density at radius 2 is 1.38 bits per heavy atom. The summed E-state index contributed by atoms with van der Waals surface area (Å²) in [5, 5.41) is 0. The molecule has 2 amide bonds. The van der Waals surface area contributed by atoms with Crippen LogP contribution in [0.3, 0.4) is 0 Å². The fourth-order valence-corrected chi connectivity index (χ4v) is 4.10. The standard InChI is InChI=1S/C17H29N3O/c18-15-17(20(14-10-11-14)16(21)19-15)12-8-6-4-2-1-3-5-7-9-13-17/h14H,1-13H2,(H2,18,19,21). The van der Waals surface area contributed by atoms with Gasteiger partial charge in [0.05, 0.1) is 0 Å². The number of hydrogen-bond acceptors (Lipinski definition) is 2. The fourth-order valence-electron chi connectivity index (χ4n) is 4.10. The number of nitrogens with zero attached hydrogens (tertiary/aromatic N) is 2. The number of carbonyl (C=O) groups excluding carboxylic acids is 1. The maximum atomic E-state index is 12.3. The van der Waals surface area contributed by atoms with Crippen LogP contribution in [0, 0.1) is 0 Å². The first-order valence-corrected chi connectivity index (χ1v) is 8.92. The molecule has 2 aliphatic carbocycles. The van der Waals surface area contributed by atoms with Gasteiger partial charge in [0.2, 0.25) is 0 Å². The number of amides is 2. The summed E-state index contributed by atoms with van der Waals surface area (Å²) in [6, 6.07) is 0.345. The summed E-state index contributed by atoms with van der Waals surface area (Å²) in [6.07, 6.45) is 15.9. The van der Waals surface area contributed by atoms with Crippen LogP contribution in [0.25, 0.3) is 0 Å². The molecule has 2 fully saturated rings. The Kier molecular flexibility index (Phi) is 4.51. The van der Waals surface area contributed by atoms with Gasteiger partial charge in [0.15, 0.2) is 0 Å². The number of rotatable bonds is 1. The van der Waals surface area contributed by atoms with Crippen molar-refractivity contribution in [1.82, 2.24) is 4.90 Å². The second-order valence-electron chi connectivity index (χ2n) is 7.09. The molecule has 0 atom stereocenters. The van der Waals surface area contributed by atoms with Crippen LogP contribution in [0.5, 0.6) is 0 Å². The topological polar surface area (TPSA) is 58.7 Å². The fraction of sp³-hybridized carbons (Fsp3) is 0.882. The normalized spacial score (nSPS) is 28.1. The summed E-state index contributed by atoms with van der Waals surface area (Å²) in [5.74, 6) is 0.608. The van der Waals surface area contributed by atoms with Gasteiger partial charge in [-0.3, -0.25) is 0 Å². The van der Waals surface area contributed by atoms with Crippen molar-refractivity contribution in [2.24, 2.45) is 10.7 Å². The molecule has 1 heterocycles. The van der Waals surface area contributed by atoms with Crippen LogP contribution < -0.4 is 5.73 Å². The quantitative estimate of drug-likeness (QED) is 0.794. The van der Waals surface area contributed by atoms with E-state index in [1.165, 1.54) is 57.8 Å². The Hall–Kier alpha value is -1.06. The second-order valence-corrected chi connectivity index (χ2v) is 7.09. The lowest BCUT2D eigenvalue weighted by Gasteiger charge is -2.39. The highest BCUT2D eigenvalue weighted by Gasteiger charge is 2.52. The van der Waals surface area contributed by atoms with Crippen LogP contribution in [-0.2, 0) is 0 Å². The molecule has 0 bridgehead atoms. The molecule has 0 unspecified atom stereocenters. The molecule has 0 aromatic heterocycles. The summed E-state index contributed by atoms with van der Waals surface area (Å²) in [5.41, 5.74) is 6.02. The summed E-state index contributed by atoms with van der Waals surface area (Å²) in [4.78, 5) is 18.5. The van der Waals surface area contributed by atoms with Gasteiger partial charge >= 0.3 is 6.03 Å². The van der Waals surface area contributed by atoms with Crippen molar-refractivity contribution in [2.75, 3.05) is 0 Å². The van der Waals surface area contributed by atoms with E-state index < -0.39 is 0 Å². The minimum absolute atomic E-state index is 0.0675. The van der Waals surface area contributed by atoms with E-state index in [-0.39, 0.29) is 11.6 Å². The molecule has 3 rings (SSSR count). The Morgan fingerprint density at radius 3 is 1.86 bits per heavy atom. The maximum Gasteiger partial charge on any atom is 0.346 e. The molecule has 0 radical (unpaired) electrons. The lowest BCUT2D eigenvalue weighted by molar-refractivity contribution is 0.148.